The van der Waals surface area contributed by atoms with Crippen LogP contribution in [0.15, 0.2) is 18.2 Å². The lowest BCUT2D eigenvalue weighted by atomic mass is 10.1. The molecular weight excluding hydrogens is 254 g/mol. The Morgan fingerprint density at radius 1 is 1.50 bits per heavy atom. The summed E-state index contributed by atoms with van der Waals surface area (Å²) in [6.45, 7) is 0. The minimum Gasteiger partial charge on any atom is -0.465 e. The standard InChI is InChI=1S/C12H11NO4S/c1-17-12(14)10-6-9(4-2-3-5-18)7-11(8-10)13(15)16/h6-8,18H,3,5H2,1H3. The first-order chi connectivity index (χ1) is 8.58. The second-order valence-corrected chi connectivity index (χ2v) is 3.74. The first-order valence-electron chi connectivity index (χ1n) is 5.06. The number of esters is 1. The minimum atomic E-state index is -0.629. The molecule has 0 bridgehead atoms. The van der Waals surface area contributed by atoms with Gasteiger partial charge in [-0.2, -0.15) is 12.6 Å². The Kier molecular flexibility index (Phi) is 5.21. The van der Waals surface area contributed by atoms with Crippen LogP contribution < -0.4 is 0 Å². The van der Waals surface area contributed by atoms with E-state index in [1.165, 1.54) is 19.2 Å². The maximum absolute atomic E-state index is 11.4. The van der Waals surface area contributed by atoms with Gasteiger partial charge in [0.2, 0.25) is 0 Å². The summed E-state index contributed by atoms with van der Waals surface area (Å²) in [7, 11) is 1.22. The van der Waals surface area contributed by atoms with Crippen LogP contribution in [0, 0.1) is 22.0 Å². The zero-order valence-corrected chi connectivity index (χ0v) is 10.6. The highest BCUT2D eigenvalue weighted by molar-refractivity contribution is 7.80. The van der Waals surface area contributed by atoms with Gasteiger partial charge < -0.3 is 4.74 Å². The molecule has 1 rings (SSSR count). The zero-order chi connectivity index (χ0) is 13.5. The van der Waals surface area contributed by atoms with Gasteiger partial charge >= 0.3 is 5.97 Å². The number of nitrogens with zero attached hydrogens (tertiary/aromatic N) is 1. The second kappa shape index (κ2) is 6.67. The van der Waals surface area contributed by atoms with Gasteiger partial charge in [-0.1, -0.05) is 11.8 Å². The molecule has 1 aromatic carbocycles. The lowest BCUT2D eigenvalue weighted by molar-refractivity contribution is -0.384. The van der Waals surface area contributed by atoms with Crippen LogP contribution >= 0.6 is 12.6 Å². The van der Waals surface area contributed by atoms with E-state index in [1.54, 1.807) is 0 Å². The van der Waals surface area contributed by atoms with Crippen LogP contribution in [0.3, 0.4) is 0 Å². The summed E-state index contributed by atoms with van der Waals surface area (Å²) in [5, 5.41) is 10.7. The molecule has 6 heteroatoms. The van der Waals surface area contributed by atoms with Gasteiger partial charge in [0.05, 0.1) is 17.6 Å². The predicted molar refractivity (Wildman–Crippen MR) is 69.8 cm³/mol. The summed E-state index contributed by atoms with van der Waals surface area (Å²) in [4.78, 5) is 21.5. The number of ether oxygens (including phenoxy) is 1. The average Bonchev–Trinajstić information content (AvgIpc) is 2.37. The Morgan fingerprint density at radius 2 is 2.22 bits per heavy atom. The van der Waals surface area contributed by atoms with Crippen molar-refractivity contribution in [1.29, 1.82) is 0 Å². The number of methoxy groups -OCH3 is 1. The third kappa shape index (κ3) is 3.79. The third-order valence-electron chi connectivity index (χ3n) is 2.02. The van der Waals surface area contributed by atoms with Crippen molar-refractivity contribution in [1.82, 2.24) is 0 Å². The number of rotatable bonds is 3. The van der Waals surface area contributed by atoms with Crippen molar-refractivity contribution in [2.24, 2.45) is 0 Å². The SMILES string of the molecule is COC(=O)c1cc(C#CCCS)cc([N+](=O)[O-])c1. The molecule has 94 valence electrons. The number of non-ortho nitro benzene ring substituents is 1. The monoisotopic (exact) mass is 265 g/mol. The van der Waals surface area contributed by atoms with Gasteiger partial charge in [0, 0.05) is 29.9 Å². The number of thiol groups is 1. The second-order valence-electron chi connectivity index (χ2n) is 3.29. The molecule has 1 aromatic rings. The summed E-state index contributed by atoms with van der Waals surface area (Å²) in [5.41, 5.74) is 0.335. The smallest absolute Gasteiger partial charge is 0.338 e. The summed E-state index contributed by atoms with van der Waals surface area (Å²) < 4.78 is 4.53. The fraction of sp³-hybridized carbons (Fsp3) is 0.250. The average molecular weight is 265 g/mol. The number of nitro benzene ring substituents is 1. The first kappa shape index (κ1) is 14.1. The van der Waals surface area contributed by atoms with E-state index in [9.17, 15) is 14.9 Å². The lowest BCUT2D eigenvalue weighted by Crippen LogP contribution is -2.03. The van der Waals surface area contributed by atoms with E-state index in [-0.39, 0.29) is 11.3 Å². The third-order valence-corrected chi connectivity index (χ3v) is 2.24. The molecule has 0 spiro atoms. The number of carbonyl (C=O) groups excluding carboxylic acids is 1. The van der Waals surface area contributed by atoms with Gasteiger partial charge in [-0.3, -0.25) is 10.1 Å². The molecule has 0 aliphatic carbocycles. The van der Waals surface area contributed by atoms with E-state index < -0.39 is 10.9 Å². The number of carbonyl (C=O) groups is 1. The van der Waals surface area contributed by atoms with Crippen LogP contribution in [0.4, 0.5) is 5.69 Å². The van der Waals surface area contributed by atoms with Crippen LogP contribution in [0.2, 0.25) is 0 Å². The van der Waals surface area contributed by atoms with E-state index >= 15 is 0 Å². The topological polar surface area (TPSA) is 69.4 Å². The van der Waals surface area contributed by atoms with E-state index in [2.05, 4.69) is 29.2 Å². The quantitative estimate of drug-likeness (QED) is 0.298. The van der Waals surface area contributed by atoms with Crippen molar-refractivity contribution in [3.8, 4) is 11.8 Å². The Bertz CT molecular complexity index is 531. The highest BCUT2D eigenvalue weighted by atomic mass is 32.1. The maximum Gasteiger partial charge on any atom is 0.338 e. The Morgan fingerprint density at radius 3 is 2.78 bits per heavy atom. The van der Waals surface area contributed by atoms with Crippen LogP contribution in [0.25, 0.3) is 0 Å². The molecule has 0 aliphatic heterocycles. The molecule has 18 heavy (non-hydrogen) atoms. The Labute approximate surface area is 110 Å². The number of hydrogen-bond donors (Lipinski definition) is 1. The van der Waals surface area contributed by atoms with Crippen LogP contribution in [-0.2, 0) is 4.74 Å². The zero-order valence-electron chi connectivity index (χ0n) is 9.67. The van der Waals surface area contributed by atoms with E-state index in [4.69, 9.17) is 0 Å². The summed E-state index contributed by atoms with van der Waals surface area (Å²) in [6, 6.07) is 3.94. The van der Waals surface area contributed by atoms with Gasteiger partial charge in [0.1, 0.15) is 0 Å². The Hall–Kier alpha value is -2.00. The fourth-order valence-electron chi connectivity index (χ4n) is 1.24. The molecule has 0 unspecified atom stereocenters. The lowest BCUT2D eigenvalue weighted by Gasteiger charge is -2.00. The molecule has 0 fully saturated rings. The Balaban J connectivity index is 3.19. The van der Waals surface area contributed by atoms with Crippen molar-refractivity contribution in [3.63, 3.8) is 0 Å². The van der Waals surface area contributed by atoms with Crippen LogP contribution in [0.5, 0.6) is 0 Å². The first-order valence-corrected chi connectivity index (χ1v) is 5.69. The molecule has 0 amide bonds. The molecule has 0 aliphatic rings. The van der Waals surface area contributed by atoms with Gasteiger partial charge in [-0.15, -0.1) is 0 Å². The van der Waals surface area contributed by atoms with Crippen molar-refractivity contribution in [2.45, 2.75) is 6.42 Å². The maximum atomic E-state index is 11.4. The molecule has 0 heterocycles. The fourth-order valence-corrected chi connectivity index (χ4v) is 1.36. The predicted octanol–water partition coefficient (Wildman–Crippen LogP) is 2.05. The van der Waals surface area contributed by atoms with Crippen molar-refractivity contribution < 1.29 is 14.5 Å². The molecule has 0 saturated heterocycles. The van der Waals surface area contributed by atoms with Crippen molar-refractivity contribution in [2.75, 3.05) is 12.9 Å². The number of hydrogen-bond acceptors (Lipinski definition) is 5. The van der Waals surface area contributed by atoms with Crippen LogP contribution in [0.1, 0.15) is 22.3 Å². The summed E-state index contributed by atoms with van der Waals surface area (Å²) >= 11 is 4.00. The van der Waals surface area contributed by atoms with E-state index in [0.29, 0.717) is 17.7 Å². The highest BCUT2D eigenvalue weighted by Crippen LogP contribution is 2.17. The summed E-state index contributed by atoms with van der Waals surface area (Å²) in [5.74, 6) is 5.52. The molecule has 0 N–H and O–H groups in total. The van der Waals surface area contributed by atoms with Gasteiger partial charge in [-0.25, -0.2) is 4.79 Å². The van der Waals surface area contributed by atoms with Gasteiger partial charge in [-0.05, 0) is 6.07 Å². The molecule has 5 nitrogen and oxygen atoms in total. The minimum absolute atomic E-state index is 0.113. The summed E-state index contributed by atoms with van der Waals surface area (Å²) in [6.07, 6.45) is 0.569. The van der Waals surface area contributed by atoms with Crippen molar-refractivity contribution >= 4 is 24.3 Å². The van der Waals surface area contributed by atoms with E-state index in [0.717, 1.165) is 6.07 Å². The van der Waals surface area contributed by atoms with Gasteiger partial charge in [0.15, 0.2) is 0 Å². The normalized spacial score (nSPS) is 9.22. The molecule has 0 atom stereocenters. The van der Waals surface area contributed by atoms with Gasteiger partial charge in [0.25, 0.3) is 5.69 Å². The largest absolute Gasteiger partial charge is 0.465 e. The number of nitro groups is 1. The number of benzene rings is 1. The molecule has 0 saturated carbocycles. The van der Waals surface area contributed by atoms with E-state index in [1.807, 2.05) is 0 Å². The van der Waals surface area contributed by atoms with Crippen LogP contribution in [-0.4, -0.2) is 23.8 Å². The molecular formula is C12H11NO4S. The highest BCUT2D eigenvalue weighted by Gasteiger charge is 2.13. The van der Waals surface area contributed by atoms with Crippen molar-refractivity contribution in [3.05, 3.63) is 39.4 Å². The molecule has 0 aromatic heterocycles. The molecule has 0 radical (unpaired) electrons.